The summed E-state index contributed by atoms with van der Waals surface area (Å²) in [5, 5.41) is 13.8. The molecular formula is C9H18N2O3. The third kappa shape index (κ3) is 7.54. The van der Waals surface area contributed by atoms with Crippen LogP contribution in [0.25, 0.3) is 0 Å². The first kappa shape index (κ1) is 12.9. The highest BCUT2D eigenvalue weighted by molar-refractivity contribution is 5.78. The van der Waals surface area contributed by atoms with E-state index in [0.29, 0.717) is 13.0 Å². The van der Waals surface area contributed by atoms with Crippen LogP contribution < -0.4 is 10.6 Å². The Kier molecular flexibility index (Phi) is 6.74. The number of amides is 2. The number of rotatable bonds is 6. The summed E-state index contributed by atoms with van der Waals surface area (Å²) in [5.74, 6) is -0.249. The molecule has 3 N–H and O–H groups in total. The number of nitrogens with one attached hydrogen (secondary N) is 2. The maximum absolute atomic E-state index is 11.2. The summed E-state index contributed by atoms with van der Waals surface area (Å²) in [5.41, 5.74) is 0. The van der Waals surface area contributed by atoms with E-state index in [1.807, 2.05) is 6.92 Å². The third-order valence-corrected chi connectivity index (χ3v) is 1.70. The van der Waals surface area contributed by atoms with Crippen molar-refractivity contribution >= 4 is 11.8 Å². The van der Waals surface area contributed by atoms with Gasteiger partial charge in [0.25, 0.3) is 0 Å². The second-order valence-corrected chi connectivity index (χ2v) is 3.21. The quantitative estimate of drug-likeness (QED) is 0.538. The molecule has 5 heteroatoms. The number of hydrogen-bond donors (Lipinski definition) is 3. The Bertz CT molecular complexity index is 194. The maximum Gasteiger partial charge on any atom is 0.221 e. The molecule has 0 aliphatic heterocycles. The Morgan fingerprint density at radius 3 is 2.57 bits per heavy atom. The molecule has 0 aromatic carbocycles. The lowest BCUT2D eigenvalue weighted by Gasteiger charge is -2.12. The highest BCUT2D eigenvalue weighted by atomic mass is 16.3. The van der Waals surface area contributed by atoms with Gasteiger partial charge >= 0.3 is 0 Å². The van der Waals surface area contributed by atoms with Crippen LogP contribution in [0.5, 0.6) is 0 Å². The second-order valence-electron chi connectivity index (χ2n) is 3.21. The zero-order chi connectivity index (χ0) is 11.0. The molecule has 2 amide bonds. The van der Waals surface area contributed by atoms with Crippen molar-refractivity contribution < 1.29 is 14.7 Å². The van der Waals surface area contributed by atoms with Crippen LogP contribution in [0.3, 0.4) is 0 Å². The van der Waals surface area contributed by atoms with Crippen molar-refractivity contribution in [3.8, 4) is 0 Å². The van der Waals surface area contributed by atoms with Gasteiger partial charge in [-0.05, 0) is 13.3 Å². The summed E-state index contributed by atoms with van der Waals surface area (Å²) in [6.45, 7) is 3.65. The molecule has 1 atom stereocenters. The van der Waals surface area contributed by atoms with E-state index < -0.39 is 0 Å². The Hall–Kier alpha value is -1.10. The van der Waals surface area contributed by atoms with Crippen molar-refractivity contribution in [2.24, 2.45) is 0 Å². The van der Waals surface area contributed by atoms with Gasteiger partial charge in [-0.2, -0.15) is 0 Å². The van der Waals surface area contributed by atoms with Gasteiger partial charge in [0.05, 0.1) is 0 Å². The number of carbonyl (C=O) groups excluding carboxylic acids is 2. The van der Waals surface area contributed by atoms with Crippen LogP contribution in [-0.2, 0) is 9.59 Å². The Labute approximate surface area is 83.9 Å². The minimum Gasteiger partial charge on any atom is -0.396 e. The van der Waals surface area contributed by atoms with Gasteiger partial charge in [-0.25, -0.2) is 0 Å². The van der Waals surface area contributed by atoms with Gasteiger partial charge in [0.15, 0.2) is 0 Å². The van der Waals surface area contributed by atoms with Crippen LogP contribution in [0.2, 0.25) is 0 Å². The second kappa shape index (κ2) is 7.32. The van der Waals surface area contributed by atoms with E-state index in [9.17, 15) is 9.59 Å². The molecule has 0 bridgehead atoms. The van der Waals surface area contributed by atoms with E-state index in [2.05, 4.69) is 10.6 Å². The van der Waals surface area contributed by atoms with Gasteiger partial charge in [-0.1, -0.05) is 0 Å². The lowest BCUT2D eigenvalue weighted by molar-refractivity contribution is -0.122. The first-order valence-electron chi connectivity index (χ1n) is 4.71. The predicted molar refractivity (Wildman–Crippen MR) is 52.6 cm³/mol. The van der Waals surface area contributed by atoms with Crippen LogP contribution >= 0.6 is 0 Å². The number of aliphatic hydroxyl groups excluding tert-OH is 1. The van der Waals surface area contributed by atoms with Gasteiger partial charge in [0.1, 0.15) is 0 Å². The topological polar surface area (TPSA) is 78.4 Å². The first-order chi connectivity index (χ1) is 6.56. The molecule has 0 saturated heterocycles. The van der Waals surface area contributed by atoms with E-state index in [0.717, 1.165) is 0 Å². The molecule has 5 nitrogen and oxygen atoms in total. The summed E-state index contributed by atoms with van der Waals surface area (Å²) in [4.78, 5) is 21.6. The van der Waals surface area contributed by atoms with Crippen LogP contribution in [0, 0.1) is 0 Å². The van der Waals surface area contributed by atoms with Gasteiger partial charge in [0.2, 0.25) is 11.8 Å². The SMILES string of the molecule is CC(=O)NCCC(=O)NC(C)CCO. The van der Waals surface area contributed by atoms with E-state index in [4.69, 9.17) is 5.11 Å². The highest BCUT2D eigenvalue weighted by Crippen LogP contribution is 1.89. The fourth-order valence-corrected chi connectivity index (χ4v) is 0.965. The van der Waals surface area contributed by atoms with Crippen LogP contribution in [0.1, 0.15) is 26.7 Å². The number of hydrogen-bond acceptors (Lipinski definition) is 3. The van der Waals surface area contributed by atoms with Gasteiger partial charge in [-0.15, -0.1) is 0 Å². The predicted octanol–water partition coefficient (Wildman–Crippen LogP) is -0.600. The summed E-state index contributed by atoms with van der Waals surface area (Å²) in [6.07, 6.45) is 0.821. The number of aliphatic hydroxyl groups is 1. The summed E-state index contributed by atoms with van der Waals surface area (Å²) in [7, 11) is 0. The van der Waals surface area contributed by atoms with Crippen LogP contribution in [0.4, 0.5) is 0 Å². The molecule has 0 aromatic rings. The minimum atomic E-state index is -0.138. The molecule has 0 heterocycles. The standard InChI is InChI=1S/C9H18N2O3/c1-7(4-6-12)11-9(14)3-5-10-8(2)13/h7,12H,3-6H2,1-2H3,(H,10,13)(H,11,14). The summed E-state index contributed by atoms with van der Waals surface area (Å²) < 4.78 is 0. The average Bonchev–Trinajstić information content (AvgIpc) is 2.03. The lowest BCUT2D eigenvalue weighted by Crippen LogP contribution is -2.35. The molecule has 0 aliphatic carbocycles. The van der Waals surface area contributed by atoms with E-state index in [-0.39, 0.29) is 30.9 Å². The van der Waals surface area contributed by atoms with Gasteiger partial charge in [-0.3, -0.25) is 9.59 Å². The van der Waals surface area contributed by atoms with Crippen molar-refractivity contribution in [2.45, 2.75) is 32.7 Å². The minimum absolute atomic E-state index is 0.0233. The molecule has 0 fully saturated rings. The smallest absolute Gasteiger partial charge is 0.221 e. The zero-order valence-corrected chi connectivity index (χ0v) is 8.67. The van der Waals surface area contributed by atoms with Crippen molar-refractivity contribution in [2.75, 3.05) is 13.2 Å². The van der Waals surface area contributed by atoms with Crippen molar-refractivity contribution in [3.05, 3.63) is 0 Å². The maximum atomic E-state index is 11.2. The summed E-state index contributed by atoms with van der Waals surface area (Å²) >= 11 is 0. The molecule has 82 valence electrons. The largest absolute Gasteiger partial charge is 0.396 e. The van der Waals surface area contributed by atoms with E-state index in [1.165, 1.54) is 6.92 Å². The molecule has 0 radical (unpaired) electrons. The van der Waals surface area contributed by atoms with Crippen molar-refractivity contribution in [3.63, 3.8) is 0 Å². The molecule has 0 aromatic heterocycles. The third-order valence-electron chi connectivity index (χ3n) is 1.70. The molecule has 0 spiro atoms. The fraction of sp³-hybridized carbons (Fsp3) is 0.778. The average molecular weight is 202 g/mol. The normalized spacial score (nSPS) is 11.9. The van der Waals surface area contributed by atoms with Crippen molar-refractivity contribution in [1.29, 1.82) is 0 Å². The van der Waals surface area contributed by atoms with E-state index in [1.54, 1.807) is 0 Å². The Balaban J connectivity index is 3.50. The molecule has 14 heavy (non-hydrogen) atoms. The van der Waals surface area contributed by atoms with E-state index >= 15 is 0 Å². The molecular weight excluding hydrogens is 184 g/mol. The van der Waals surface area contributed by atoms with Crippen LogP contribution in [0.15, 0.2) is 0 Å². The molecule has 1 unspecified atom stereocenters. The van der Waals surface area contributed by atoms with Gasteiger partial charge in [0, 0.05) is 32.5 Å². The fourth-order valence-electron chi connectivity index (χ4n) is 0.965. The Morgan fingerprint density at radius 2 is 2.07 bits per heavy atom. The zero-order valence-electron chi connectivity index (χ0n) is 8.67. The van der Waals surface area contributed by atoms with Gasteiger partial charge < -0.3 is 15.7 Å². The Morgan fingerprint density at radius 1 is 1.43 bits per heavy atom. The summed E-state index contributed by atoms with van der Waals surface area (Å²) in [6, 6.07) is -0.0233. The van der Waals surface area contributed by atoms with Crippen molar-refractivity contribution in [1.82, 2.24) is 10.6 Å². The van der Waals surface area contributed by atoms with Crippen LogP contribution in [-0.4, -0.2) is 36.1 Å². The number of carbonyl (C=O) groups is 2. The lowest BCUT2D eigenvalue weighted by atomic mass is 10.2. The highest BCUT2D eigenvalue weighted by Gasteiger charge is 2.06. The molecule has 0 saturated carbocycles. The molecule has 0 aliphatic rings. The first-order valence-corrected chi connectivity index (χ1v) is 4.71. The monoisotopic (exact) mass is 202 g/mol. The molecule has 0 rings (SSSR count).